The fraction of sp³-hybridized carbons (Fsp3) is 0.174. The molecule has 31 heavy (non-hydrogen) atoms. The lowest BCUT2D eigenvalue weighted by molar-refractivity contribution is 0.102. The Bertz CT molecular complexity index is 1380. The first-order valence-electron chi connectivity index (χ1n) is 9.79. The first-order valence-corrected chi connectivity index (χ1v) is 9.79. The highest BCUT2D eigenvalue weighted by molar-refractivity contribution is 6.04. The van der Waals surface area contributed by atoms with Crippen molar-refractivity contribution in [3.05, 3.63) is 82.0 Å². The van der Waals surface area contributed by atoms with E-state index in [4.69, 9.17) is 5.26 Å². The van der Waals surface area contributed by atoms with E-state index >= 15 is 0 Å². The number of fused-ring (bicyclic) bond motifs is 1. The molecule has 8 heteroatoms. The molecule has 0 spiro atoms. The van der Waals surface area contributed by atoms with Crippen molar-refractivity contribution in [3.8, 4) is 11.8 Å². The van der Waals surface area contributed by atoms with E-state index < -0.39 is 0 Å². The van der Waals surface area contributed by atoms with Crippen LogP contribution in [0.1, 0.15) is 28.3 Å². The van der Waals surface area contributed by atoms with Gasteiger partial charge in [-0.15, -0.1) is 0 Å². The second-order valence-electron chi connectivity index (χ2n) is 7.12. The quantitative estimate of drug-likeness (QED) is 0.541. The van der Waals surface area contributed by atoms with Crippen LogP contribution >= 0.6 is 0 Å². The zero-order valence-electron chi connectivity index (χ0n) is 17.2. The van der Waals surface area contributed by atoms with Crippen LogP contribution in [0.2, 0.25) is 0 Å². The van der Waals surface area contributed by atoms with E-state index in [9.17, 15) is 9.59 Å². The number of anilines is 1. The number of nitriles is 1. The third-order valence-corrected chi connectivity index (χ3v) is 4.91. The smallest absolute Gasteiger partial charge is 0.265 e. The van der Waals surface area contributed by atoms with Crippen molar-refractivity contribution in [3.63, 3.8) is 0 Å². The van der Waals surface area contributed by atoms with Crippen molar-refractivity contribution in [2.24, 2.45) is 0 Å². The van der Waals surface area contributed by atoms with Crippen molar-refractivity contribution in [2.75, 3.05) is 5.32 Å². The van der Waals surface area contributed by atoms with Gasteiger partial charge in [-0.25, -0.2) is 9.67 Å². The number of para-hydroxylation sites is 1. The molecule has 0 saturated carbocycles. The maximum absolute atomic E-state index is 12.9. The number of hydrogen-bond donors (Lipinski definition) is 1. The molecule has 1 amide bonds. The van der Waals surface area contributed by atoms with Crippen LogP contribution < -0.4 is 10.9 Å². The minimum Gasteiger partial charge on any atom is -0.307 e. The molecular weight excluding hydrogens is 392 g/mol. The zero-order chi connectivity index (χ0) is 22.0. The van der Waals surface area contributed by atoms with E-state index in [1.165, 1.54) is 4.57 Å². The Hall–Kier alpha value is -4.25. The van der Waals surface area contributed by atoms with Crippen molar-refractivity contribution in [1.82, 2.24) is 19.3 Å². The van der Waals surface area contributed by atoms with E-state index in [-0.39, 0.29) is 11.5 Å². The number of aryl methyl sites for hydroxylation is 3. The van der Waals surface area contributed by atoms with Crippen LogP contribution in [-0.2, 0) is 6.54 Å². The van der Waals surface area contributed by atoms with E-state index in [1.807, 2.05) is 25.1 Å². The highest BCUT2D eigenvalue weighted by Gasteiger charge is 2.13. The van der Waals surface area contributed by atoms with E-state index in [2.05, 4.69) is 21.5 Å². The average molecular weight is 412 g/mol. The molecule has 2 aromatic heterocycles. The molecule has 4 rings (SSSR count). The van der Waals surface area contributed by atoms with Gasteiger partial charge < -0.3 is 5.32 Å². The third-order valence-electron chi connectivity index (χ3n) is 4.91. The van der Waals surface area contributed by atoms with Gasteiger partial charge in [-0.1, -0.05) is 12.1 Å². The molecule has 0 radical (unpaired) electrons. The maximum Gasteiger partial charge on any atom is 0.265 e. The molecule has 0 aliphatic rings. The molecule has 2 aromatic carbocycles. The molecular formula is C23H20N6O2. The van der Waals surface area contributed by atoms with Crippen LogP contribution in [0.5, 0.6) is 0 Å². The van der Waals surface area contributed by atoms with Crippen LogP contribution in [0.4, 0.5) is 5.82 Å². The normalized spacial score (nSPS) is 10.7. The summed E-state index contributed by atoms with van der Waals surface area (Å²) >= 11 is 0. The number of hydrogen-bond acceptors (Lipinski definition) is 5. The lowest BCUT2D eigenvalue weighted by atomic mass is 10.2. The molecule has 1 N–H and O–H groups in total. The summed E-state index contributed by atoms with van der Waals surface area (Å²) in [4.78, 5) is 30.2. The summed E-state index contributed by atoms with van der Waals surface area (Å²) < 4.78 is 3.14. The van der Waals surface area contributed by atoms with Crippen LogP contribution in [0, 0.1) is 25.2 Å². The van der Waals surface area contributed by atoms with Gasteiger partial charge in [0.05, 0.1) is 41.3 Å². The van der Waals surface area contributed by atoms with Gasteiger partial charge >= 0.3 is 0 Å². The maximum atomic E-state index is 12.9. The fourth-order valence-corrected chi connectivity index (χ4v) is 3.47. The van der Waals surface area contributed by atoms with Gasteiger partial charge in [0, 0.05) is 11.6 Å². The molecule has 0 bridgehead atoms. The molecule has 8 nitrogen and oxygen atoms in total. The number of carbonyl (C=O) groups excluding carboxylic acids is 1. The van der Waals surface area contributed by atoms with E-state index in [0.717, 1.165) is 5.69 Å². The number of amides is 1. The minimum absolute atomic E-state index is 0.155. The number of aromatic nitrogens is 4. The van der Waals surface area contributed by atoms with Gasteiger partial charge in [-0.3, -0.25) is 14.2 Å². The van der Waals surface area contributed by atoms with Gasteiger partial charge in [-0.2, -0.15) is 10.4 Å². The van der Waals surface area contributed by atoms with Crippen LogP contribution in [0.3, 0.4) is 0 Å². The Morgan fingerprint density at radius 3 is 2.61 bits per heavy atom. The van der Waals surface area contributed by atoms with Gasteiger partial charge in [0.2, 0.25) is 0 Å². The number of nitrogens with zero attached hydrogens (tertiary/aromatic N) is 5. The predicted molar refractivity (Wildman–Crippen MR) is 117 cm³/mol. The largest absolute Gasteiger partial charge is 0.307 e. The predicted octanol–water partition coefficient (Wildman–Crippen LogP) is 3.37. The first-order chi connectivity index (χ1) is 15.0. The SMILES string of the molecule is Cc1cc(NC(=O)c2ccc(-n3c(C)nc4ccccc4c3=O)cc2)n(CCC#N)n1. The van der Waals surface area contributed by atoms with Crippen molar-refractivity contribution >= 4 is 22.6 Å². The summed E-state index contributed by atoms with van der Waals surface area (Å²) in [6.07, 6.45) is 0.298. The molecule has 4 aromatic rings. The van der Waals surface area contributed by atoms with Gasteiger partial charge in [0.15, 0.2) is 0 Å². The van der Waals surface area contributed by atoms with Gasteiger partial charge in [-0.05, 0) is 50.2 Å². The number of rotatable bonds is 5. The molecule has 0 atom stereocenters. The fourth-order valence-electron chi connectivity index (χ4n) is 3.47. The van der Waals surface area contributed by atoms with E-state index in [1.54, 1.807) is 48.0 Å². The highest BCUT2D eigenvalue weighted by atomic mass is 16.1. The molecule has 2 heterocycles. The number of carbonyl (C=O) groups is 1. The lowest BCUT2D eigenvalue weighted by Crippen LogP contribution is -2.22. The first kappa shape index (κ1) is 20.0. The second-order valence-corrected chi connectivity index (χ2v) is 7.12. The summed E-state index contributed by atoms with van der Waals surface area (Å²) in [5, 5.41) is 16.5. The monoisotopic (exact) mass is 412 g/mol. The van der Waals surface area contributed by atoms with Crippen LogP contribution in [-0.4, -0.2) is 25.2 Å². The summed E-state index contributed by atoms with van der Waals surface area (Å²) in [5.74, 6) is 0.802. The molecule has 0 aliphatic carbocycles. The average Bonchev–Trinajstić information content (AvgIpc) is 3.11. The zero-order valence-corrected chi connectivity index (χ0v) is 17.2. The summed E-state index contributed by atoms with van der Waals surface area (Å²) in [5.41, 5.74) is 2.32. The molecule has 0 fully saturated rings. The Morgan fingerprint density at radius 1 is 1.13 bits per heavy atom. The van der Waals surface area contributed by atoms with Crippen molar-refractivity contribution in [2.45, 2.75) is 26.8 Å². The Morgan fingerprint density at radius 2 is 1.87 bits per heavy atom. The molecule has 0 unspecified atom stereocenters. The van der Waals surface area contributed by atoms with Crippen molar-refractivity contribution in [1.29, 1.82) is 5.26 Å². The highest BCUT2D eigenvalue weighted by Crippen LogP contribution is 2.16. The summed E-state index contributed by atoms with van der Waals surface area (Å²) in [7, 11) is 0. The molecule has 0 saturated heterocycles. The van der Waals surface area contributed by atoms with Crippen molar-refractivity contribution < 1.29 is 4.79 Å². The lowest BCUT2D eigenvalue weighted by Gasteiger charge is -2.12. The second kappa shape index (κ2) is 8.24. The van der Waals surface area contributed by atoms with Gasteiger partial charge in [0.1, 0.15) is 11.6 Å². The number of benzene rings is 2. The Labute approximate surface area is 178 Å². The topological polar surface area (TPSA) is 106 Å². The van der Waals surface area contributed by atoms with Crippen LogP contribution in [0.25, 0.3) is 16.6 Å². The Balaban J connectivity index is 1.61. The Kier molecular flexibility index (Phi) is 5.33. The standard InChI is InChI=1S/C23H20N6O2/c1-15-14-21(28(27-15)13-5-12-24)26-22(30)17-8-10-18(11-9-17)29-16(2)25-20-7-4-3-6-19(20)23(29)31/h3-4,6-11,14H,5,13H2,1-2H3,(H,26,30). The van der Waals surface area contributed by atoms with E-state index in [0.29, 0.717) is 46.8 Å². The third kappa shape index (κ3) is 3.94. The molecule has 0 aliphatic heterocycles. The van der Waals surface area contributed by atoms with Crippen LogP contribution in [0.15, 0.2) is 59.4 Å². The van der Waals surface area contributed by atoms with Gasteiger partial charge in [0.25, 0.3) is 11.5 Å². The summed E-state index contributed by atoms with van der Waals surface area (Å²) in [6.45, 7) is 4.00. The molecule has 154 valence electrons. The minimum atomic E-state index is -0.301. The number of nitrogens with one attached hydrogen (secondary N) is 1. The summed E-state index contributed by atoms with van der Waals surface area (Å²) in [6, 6.07) is 17.8.